The van der Waals surface area contributed by atoms with Crippen LogP contribution in [0.4, 0.5) is 32.4 Å². The second-order valence-electron chi connectivity index (χ2n) is 9.37. The van der Waals surface area contributed by atoms with Gasteiger partial charge in [0.2, 0.25) is 0 Å². The second-order valence-corrected chi connectivity index (χ2v) is 9.75. The molecule has 0 aliphatic carbocycles. The van der Waals surface area contributed by atoms with Gasteiger partial charge in [-0.15, -0.1) is 5.10 Å². The molecule has 220 valence electrons. The minimum Gasteiger partial charge on any atom is -0.426 e. The highest BCUT2D eigenvalue weighted by Crippen LogP contribution is 2.37. The van der Waals surface area contributed by atoms with Gasteiger partial charge in [0, 0.05) is 12.1 Å². The maximum Gasteiger partial charge on any atom is 0.499 e. The third-order valence-corrected chi connectivity index (χ3v) is 6.38. The lowest BCUT2D eigenvalue weighted by Crippen LogP contribution is -2.46. The summed E-state index contributed by atoms with van der Waals surface area (Å²) in [6.45, 7) is 4.31. The predicted molar refractivity (Wildman–Crippen MR) is 150 cm³/mol. The molecule has 4 rings (SSSR count). The first-order valence-electron chi connectivity index (χ1n) is 12.5. The van der Waals surface area contributed by atoms with E-state index in [0.29, 0.717) is 29.3 Å². The molecule has 42 heavy (non-hydrogen) atoms. The van der Waals surface area contributed by atoms with E-state index in [2.05, 4.69) is 20.1 Å². The van der Waals surface area contributed by atoms with Crippen molar-refractivity contribution in [3.63, 3.8) is 0 Å². The Labute approximate surface area is 242 Å². The molecule has 0 unspecified atom stereocenters. The summed E-state index contributed by atoms with van der Waals surface area (Å²) in [4.78, 5) is 17.8. The van der Waals surface area contributed by atoms with Gasteiger partial charge in [0.25, 0.3) is 0 Å². The maximum absolute atomic E-state index is 13.1. The van der Waals surface area contributed by atoms with Crippen LogP contribution < -0.4 is 20.7 Å². The molecule has 2 amide bonds. The number of aromatic nitrogens is 3. The van der Waals surface area contributed by atoms with Gasteiger partial charge in [-0.2, -0.15) is 22.0 Å². The number of anilines is 1. The number of nitrogens with zero attached hydrogens (tertiary/aromatic N) is 4. The Morgan fingerprint density at radius 3 is 2.26 bits per heavy atom. The molecule has 14 heteroatoms. The summed E-state index contributed by atoms with van der Waals surface area (Å²) in [5, 5.41) is 7.55. The fourth-order valence-corrected chi connectivity index (χ4v) is 4.19. The molecular weight excluding hydrogens is 579 g/mol. The third kappa shape index (κ3) is 6.82. The number of urea groups is 1. The summed E-state index contributed by atoms with van der Waals surface area (Å²) in [5.74, 6) is -0.174. The van der Waals surface area contributed by atoms with Gasteiger partial charge in [0.15, 0.2) is 10.9 Å². The highest BCUT2D eigenvalue weighted by molar-refractivity contribution is 7.80. The van der Waals surface area contributed by atoms with Crippen LogP contribution in [-0.2, 0) is 6.54 Å². The first-order valence-corrected chi connectivity index (χ1v) is 12.9. The SMILES string of the molecule is CC(C)c1ccccc1N(C(N)=O)C(=S)NCc1ccc(-c2ncn(-c3ccc(OC(F)(F)C(F)(F)F)cc3)n2)cc1. The molecule has 0 fully saturated rings. The number of benzene rings is 3. The highest BCUT2D eigenvalue weighted by atomic mass is 32.1. The number of halogens is 5. The Balaban J connectivity index is 1.40. The Kier molecular flexibility index (Phi) is 8.75. The number of hydrogen-bond acceptors (Lipinski definition) is 5. The molecule has 0 aliphatic heterocycles. The zero-order valence-electron chi connectivity index (χ0n) is 22.3. The summed E-state index contributed by atoms with van der Waals surface area (Å²) < 4.78 is 68.5. The van der Waals surface area contributed by atoms with Crippen molar-refractivity contribution < 1.29 is 31.5 Å². The fourth-order valence-electron chi connectivity index (χ4n) is 3.93. The quantitative estimate of drug-likeness (QED) is 0.175. The summed E-state index contributed by atoms with van der Waals surface area (Å²) in [6, 6.07) is 18.3. The lowest BCUT2D eigenvalue weighted by Gasteiger charge is -2.25. The van der Waals surface area contributed by atoms with Crippen LogP contribution in [0, 0.1) is 0 Å². The molecule has 1 aromatic heterocycles. The van der Waals surface area contributed by atoms with Gasteiger partial charge in [-0.1, -0.05) is 56.3 Å². The molecule has 8 nitrogen and oxygen atoms in total. The zero-order valence-corrected chi connectivity index (χ0v) is 23.1. The van der Waals surface area contributed by atoms with Gasteiger partial charge in [0.05, 0.1) is 11.4 Å². The summed E-state index contributed by atoms with van der Waals surface area (Å²) in [6.07, 6.45) is -9.79. The third-order valence-electron chi connectivity index (χ3n) is 6.05. The number of ether oxygens (including phenoxy) is 1. The molecule has 0 radical (unpaired) electrons. The van der Waals surface area contributed by atoms with E-state index in [1.807, 2.05) is 38.1 Å². The molecule has 1 heterocycles. The largest absolute Gasteiger partial charge is 0.499 e. The number of rotatable bonds is 8. The average Bonchev–Trinajstić information content (AvgIpc) is 3.42. The number of amides is 2. The molecular formula is C28H25F5N6O2S. The van der Waals surface area contributed by atoms with Crippen molar-refractivity contribution in [2.75, 3.05) is 4.90 Å². The van der Waals surface area contributed by atoms with E-state index in [-0.39, 0.29) is 11.0 Å². The van der Waals surface area contributed by atoms with E-state index >= 15 is 0 Å². The van der Waals surface area contributed by atoms with E-state index in [4.69, 9.17) is 18.0 Å². The van der Waals surface area contributed by atoms with Gasteiger partial charge in [-0.25, -0.2) is 19.4 Å². The molecule has 0 atom stereocenters. The molecule has 0 bridgehead atoms. The van der Waals surface area contributed by atoms with Gasteiger partial charge < -0.3 is 15.8 Å². The van der Waals surface area contributed by atoms with E-state index in [1.165, 1.54) is 28.0 Å². The molecule has 0 saturated heterocycles. The van der Waals surface area contributed by atoms with E-state index in [1.54, 1.807) is 24.3 Å². The normalized spacial score (nSPS) is 11.8. The van der Waals surface area contributed by atoms with Crippen LogP contribution in [0.1, 0.15) is 30.9 Å². The Morgan fingerprint density at radius 1 is 1.02 bits per heavy atom. The van der Waals surface area contributed by atoms with Crippen molar-refractivity contribution in [1.29, 1.82) is 0 Å². The lowest BCUT2D eigenvalue weighted by molar-refractivity contribution is -0.360. The number of hydrogen-bond donors (Lipinski definition) is 2. The number of thiocarbonyl (C=S) groups is 1. The van der Waals surface area contributed by atoms with Gasteiger partial charge >= 0.3 is 18.3 Å². The van der Waals surface area contributed by atoms with Crippen molar-refractivity contribution in [2.45, 2.75) is 38.6 Å². The lowest BCUT2D eigenvalue weighted by atomic mass is 10.0. The average molecular weight is 605 g/mol. The van der Waals surface area contributed by atoms with Crippen LogP contribution in [0.3, 0.4) is 0 Å². The number of carbonyl (C=O) groups excluding carboxylic acids is 1. The second kappa shape index (κ2) is 12.1. The van der Waals surface area contributed by atoms with Crippen molar-refractivity contribution >= 4 is 29.0 Å². The number of para-hydroxylation sites is 1. The van der Waals surface area contributed by atoms with Crippen molar-refractivity contribution in [3.05, 3.63) is 90.3 Å². The van der Waals surface area contributed by atoms with Crippen molar-refractivity contribution in [3.8, 4) is 22.8 Å². The fraction of sp³-hybridized carbons (Fsp3) is 0.214. The number of nitrogens with one attached hydrogen (secondary N) is 1. The number of primary amides is 1. The first-order chi connectivity index (χ1) is 19.8. The summed E-state index contributed by atoms with van der Waals surface area (Å²) in [7, 11) is 0. The molecule has 0 saturated carbocycles. The standard InChI is InChI=1S/C28H25F5N6O2S/c1-17(2)22-5-3-4-6-23(22)39(25(34)40)26(42)35-15-18-7-9-19(10-8-18)24-36-16-38(37-24)20-11-13-21(14-12-20)41-28(32,33)27(29,30)31/h3-14,16-17H,15H2,1-2H3,(H2,34,40)(H,35,42). The van der Waals surface area contributed by atoms with E-state index < -0.39 is 24.1 Å². The van der Waals surface area contributed by atoms with E-state index in [9.17, 15) is 26.7 Å². The number of carbonyl (C=O) groups is 1. The molecule has 3 aromatic carbocycles. The van der Waals surface area contributed by atoms with Crippen LogP contribution in [0.2, 0.25) is 0 Å². The Hall–Kier alpha value is -4.59. The predicted octanol–water partition coefficient (Wildman–Crippen LogP) is 6.55. The number of alkyl halides is 5. The Bertz CT molecular complexity index is 1560. The monoisotopic (exact) mass is 604 g/mol. The summed E-state index contributed by atoms with van der Waals surface area (Å²) in [5.41, 5.74) is 9.04. The van der Waals surface area contributed by atoms with Crippen LogP contribution in [0.5, 0.6) is 5.75 Å². The maximum atomic E-state index is 13.1. The van der Waals surface area contributed by atoms with Gasteiger partial charge in [-0.05, 0) is 59.6 Å². The molecule has 3 N–H and O–H groups in total. The topological polar surface area (TPSA) is 98.3 Å². The molecule has 0 spiro atoms. The smallest absolute Gasteiger partial charge is 0.426 e. The molecule has 0 aliphatic rings. The van der Waals surface area contributed by atoms with Crippen LogP contribution in [0.25, 0.3) is 17.1 Å². The number of nitrogens with two attached hydrogens (primary N) is 1. The van der Waals surface area contributed by atoms with Gasteiger partial charge in [-0.3, -0.25) is 0 Å². The highest BCUT2D eigenvalue weighted by Gasteiger charge is 2.61. The van der Waals surface area contributed by atoms with Gasteiger partial charge in [0.1, 0.15) is 12.1 Å². The van der Waals surface area contributed by atoms with Crippen molar-refractivity contribution in [1.82, 2.24) is 20.1 Å². The molecule has 4 aromatic rings. The summed E-state index contributed by atoms with van der Waals surface area (Å²) >= 11 is 5.48. The minimum atomic E-state index is -5.84. The van der Waals surface area contributed by atoms with Crippen LogP contribution >= 0.6 is 12.2 Å². The van der Waals surface area contributed by atoms with Crippen LogP contribution in [0.15, 0.2) is 79.1 Å². The van der Waals surface area contributed by atoms with Crippen LogP contribution in [-0.4, -0.2) is 38.2 Å². The zero-order chi connectivity index (χ0) is 30.7. The Morgan fingerprint density at radius 2 is 1.67 bits per heavy atom. The van der Waals surface area contributed by atoms with E-state index in [0.717, 1.165) is 23.3 Å². The van der Waals surface area contributed by atoms with Crippen molar-refractivity contribution in [2.24, 2.45) is 5.73 Å². The minimum absolute atomic E-state index is 0.139. The first kappa shape index (κ1) is 30.4.